The van der Waals surface area contributed by atoms with Crippen molar-refractivity contribution in [1.29, 1.82) is 0 Å². The molecule has 35 heavy (non-hydrogen) atoms. The summed E-state index contributed by atoms with van der Waals surface area (Å²) in [6, 6.07) is 2.58. The summed E-state index contributed by atoms with van der Waals surface area (Å²) in [5.41, 5.74) is 0.503. The van der Waals surface area contributed by atoms with Crippen molar-refractivity contribution < 1.29 is 18.3 Å². The number of alkyl halides is 2. The normalized spacial score (nSPS) is 24.1. The van der Waals surface area contributed by atoms with Crippen LogP contribution < -0.4 is 10.2 Å². The number of amides is 1. The number of hydrogen-bond donors (Lipinski definition) is 1. The van der Waals surface area contributed by atoms with Crippen molar-refractivity contribution in [2.45, 2.75) is 97.3 Å². The number of carbonyl (C=O) groups is 1. The van der Waals surface area contributed by atoms with Gasteiger partial charge in [0.1, 0.15) is 11.6 Å². The number of carbonyl (C=O) groups excluding carboxylic acids is 1. The van der Waals surface area contributed by atoms with Crippen LogP contribution in [0.5, 0.6) is 0 Å². The topological polar surface area (TPSA) is 70.6 Å². The summed E-state index contributed by atoms with van der Waals surface area (Å²) in [5, 5.41) is 3.06. The number of ether oxygens (including phenoxy) is 1. The number of piperazine rings is 1. The van der Waals surface area contributed by atoms with Crippen molar-refractivity contribution in [2.75, 3.05) is 37.7 Å². The Bertz CT molecular complexity index is 824. The largest absolute Gasteiger partial charge is 0.354 e. The van der Waals surface area contributed by atoms with E-state index in [-0.39, 0.29) is 17.9 Å². The highest BCUT2D eigenvalue weighted by Gasteiger charge is 2.28. The molecule has 0 spiro atoms. The molecule has 1 saturated carbocycles. The maximum absolute atomic E-state index is 12.4. The van der Waals surface area contributed by atoms with E-state index in [9.17, 15) is 13.6 Å². The molecule has 198 valence electrons. The standard InChI is InChI=1S/C26H43F2N5O2/c1-18-17-32(12-10-20-6-8-21(9-7-20)29-19(2)34)13-14-33(18)23-16-22(11-15-35-25(27)28)30-24(31-23)26(3,4)5/h16,18,20-21,25H,6-15,17H2,1-5H3,(H,29,34)/t18-,20-,21-/m0/s1. The fraction of sp³-hybridized carbons (Fsp3) is 0.808. The molecule has 1 N–H and O–H groups in total. The predicted octanol–water partition coefficient (Wildman–Crippen LogP) is 4.15. The average Bonchev–Trinajstić information content (AvgIpc) is 2.77. The molecule has 0 aromatic carbocycles. The van der Waals surface area contributed by atoms with E-state index in [1.807, 2.05) is 6.07 Å². The highest BCUT2D eigenvalue weighted by atomic mass is 19.3. The Hall–Kier alpha value is -1.87. The van der Waals surface area contributed by atoms with Gasteiger partial charge in [-0.15, -0.1) is 0 Å². The van der Waals surface area contributed by atoms with Crippen LogP contribution in [0.15, 0.2) is 6.07 Å². The van der Waals surface area contributed by atoms with Gasteiger partial charge in [0.05, 0.1) is 6.61 Å². The summed E-state index contributed by atoms with van der Waals surface area (Å²) in [6.45, 7) is 11.1. The highest BCUT2D eigenvalue weighted by Crippen LogP contribution is 2.28. The summed E-state index contributed by atoms with van der Waals surface area (Å²) in [4.78, 5) is 25.7. The number of aromatic nitrogens is 2. The quantitative estimate of drug-likeness (QED) is 0.555. The minimum Gasteiger partial charge on any atom is -0.354 e. The van der Waals surface area contributed by atoms with E-state index >= 15 is 0 Å². The van der Waals surface area contributed by atoms with Gasteiger partial charge in [-0.25, -0.2) is 9.97 Å². The molecule has 0 bridgehead atoms. The predicted molar refractivity (Wildman–Crippen MR) is 134 cm³/mol. The first kappa shape index (κ1) is 27.7. The van der Waals surface area contributed by atoms with Gasteiger partial charge in [0.25, 0.3) is 0 Å². The summed E-state index contributed by atoms with van der Waals surface area (Å²) >= 11 is 0. The summed E-state index contributed by atoms with van der Waals surface area (Å²) in [6.07, 6.45) is 6.09. The van der Waals surface area contributed by atoms with Gasteiger partial charge >= 0.3 is 6.61 Å². The van der Waals surface area contributed by atoms with Crippen LogP contribution in [-0.4, -0.2) is 72.3 Å². The molecule has 2 aliphatic rings. The first-order chi connectivity index (χ1) is 16.5. The van der Waals surface area contributed by atoms with Crippen LogP contribution >= 0.6 is 0 Å². The lowest BCUT2D eigenvalue weighted by Gasteiger charge is -2.41. The number of nitrogens with one attached hydrogen (secondary N) is 1. The second-order valence-corrected chi connectivity index (χ2v) is 11.2. The lowest BCUT2D eigenvalue weighted by atomic mass is 9.84. The zero-order chi connectivity index (χ0) is 25.6. The molecule has 2 heterocycles. The van der Waals surface area contributed by atoms with Crippen molar-refractivity contribution in [3.8, 4) is 0 Å². The van der Waals surface area contributed by atoms with Crippen molar-refractivity contribution in [3.63, 3.8) is 0 Å². The van der Waals surface area contributed by atoms with E-state index in [1.54, 1.807) is 6.92 Å². The number of nitrogens with zero attached hydrogens (tertiary/aromatic N) is 4. The summed E-state index contributed by atoms with van der Waals surface area (Å²) in [5.74, 6) is 2.42. The number of rotatable bonds is 9. The van der Waals surface area contributed by atoms with Crippen LogP contribution in [0.25, 0.3) is 0 Å². The monoisotopic (exact) mass is 495 g/mol. The molecule has 1 aromatic heterocycles. The maximum Gasteiger partial charge on any atom is 0.345 e. The minimum atomic E-state index is -2.77. The summed E-state index contributed by atoms with van der Waals surface area (Å²) < 4.78 is 29.3. The van der Waals surface area contributed by atoms with Gasteiger partial charge in [0, 0.05) is 62.2 Å². The molecule has 7 nitrogen and oxygen atoms in total. The molecule has 1 saturated heterocycles. The smallest absolute Gasteiger partial charge is 0.345 e. The van der Waals surface area contributed by atoms with E-state index in [1.165, 1.54) is 19.3 Å². The zero-order valence-corrected chi connectivity index (χ0v) is 22.0. The lowest BCUT2D eigenvalue weighted by molar-refractivity contribution is -0.127. The van der Waals surface area contributed by atoms with Crippen molar-refractivity contribution in [3.05, 3.63) is 17.6 Å². The van der Waals surface area contributed by atoms with Crippen LogP contribution in [0.4, 0.5) is 14.6 Å². The van der Waals surface area contributed by atoms with Crippen LogP contribution in [-0.2, 0) is 21.4 Å². The molecule has 9 heteroatoms. The molecule has 1 aliphatic heterocycles. The van der Waals surface area contributed by atoms with Crippen molar-refractivity contribution >= 4 is 11.7 Å². The van der Waals surface area contributed by atoms with Crippen LogP contribution in [0, 0.1) is 5.92 Å². The molecule has 1 atom stereocenters. The number of hydrogen-bond acceptors (Lipinski definition) is 6. The molecule has 1 aliphatic carbocycles. The van der Waals surface area contributed by atoms with Crippen LogP contribution in [0.1, 0.15) is 78.2 Å². The fourth-order valence-electron chi connectivity index (χ4n) is 5.17. The Labute approximate surface area is 209 Å². The molecule has 3 rings (SSSR count). The number of anilines is 1. The summed E-state index contributed by atoms with van der Waals surface area (Å²) in [7, 11) is 0. The third kappa shape index (κ3) is 8.63. The van der Waals surface area contributed by atoms with E-state index in [0.29, 0.717) is 18.5 Å². The van der Waals surface area contributed by atoms with Gasteiger partial charge in [0.2, 0.25) is 5.91 Å². The van der Waals surface area contributed by atoms with Gasteiger partial charge < -0.3 is 15.0 Å². The zero-order valence-electron chi connectivity index (χ0n) is 22.0. The number of halogens is 2. The lowest BCUT2D eigenvalue weighted by Crippen LogP contribution is -2.52. The van der Waals surface area contributed by atoms with Gasteiger partial charge in [-0.2, -0.15) is 8.78 Å². The second-order valence-electron chi connectivity index (χ2n) is 11.2. The molecule has 1 aromatic rings. The van der Waals surface area contributed by atoms with Crippen molar-refractivity contribution in [1.82, 2.24) is 20.2 Å². The molecule has 2 fully saturated rings. The molecule has 1 amide bonds. The molecular weight excluding hydrogens is 452 g/mol. The van der Waals surface area contributed by atoms with E-state index in [0.717, 1.165) is 62.3 Å². The second kappa shape index (κ2) is 12.4. The Morgan fingerprint density at radius 1 is 1.20 bits per heavy atom. The Morgan fingerprint density at radius 2 is 1.91 bits per heavy atom. The van der Waals surface area contributed by atoms with Gasteiger partial charge in [0.15, 0.2) is 0 Å². The fourth-order valence-corrected chi connectivity index (χ4v) is 5.17. The first-order valence-electron chi connectivity index (χ1n) is 13.1. The third-order valence-corrected chi connectivity index (χ3v) is 7.15. The van der Waals surface area contributed by atoms with Gasteiger partial charge in [-0.3, -0.25) is 9.69 Å². The van der Waals surface area contributed by atoms with E-state index in [4.69, 9.17) is 4.98 Å². The van der Waals surface area contributed by atoms with Gasteiger partial charge in [-0.1, -0.05) is 20.8 Å². The highest BCUT2D eigenvalue weighted by molar-refractivity contribution is 5.73. The first-order valence-corrected chi connectivity index (χ1v) is 13.1. The third-order valence-electron chi connectivity index (χ3n) is 7.15. The average molecular weight is 496 g/mol. The van der Waals surface area contributed by atoms with E-state index in [2.05, 4.69) is 52.5 Å². The van der Waals surface area contributed by atoms with E-state index < -0.39 is 6.61 Å². The van der Waals surface area contributed by atoms with Crippen LogP contribution in [0.2, 0.25) is 0 Å². The van der Waals surface area contributed by atoms with Crippen molar-refractivity contribution in [2.24, 2.45) is 5.92 Å². The Kier molecular flexibility index (Phi) is 9.81. The van der Waals surface area contributed by atoms with Crippen LogP contribution in [0.3, 0.4) is 0 Å². The SMILES string of the molecule is CC(=O)N[C@H]1CC[C@H](CCN2CCN(c3cc(CCOC(F)F)nc(C(C)(C)C)n3)[C@@H](C)C2)CC1. The molecule has 0 unspecified atom stereocenters. The maximum atomic E-state index is 12.4. The Balaban J connectivity index is 1.55. The van der Waals surface area contributed by atoms with Gasteiger partial charge in [-0.05, 0) is 51.5 Å². The molecular formula is C26H43F2N5O2. The molecule has 0 radical (unpaired) electrons. The Morgan fingerprint density at radius 3 is 2.51 bits per heavy atom. The minimum absolute atomic E-state index is 0.0617.